The lowest BCUT2D eigenvalue weighted by atomic mass is 10.1. The summed E-state index contributed by atoms with van der Waals surface area (Å²) in [5.41, 5.74) is 1.42. The maximum Gasteiger partial charge on any atom is 0.242 e. The van der Waals surface area contributed by atoms with E-state index in [-0.39, 0.29) is 15.8 Å². The standard InChI is InChI=1S/C17H25ClN2O3S/c1-12(2)6-3-4-9-19-24(22,23)16-11-15-13(10-14(16)18)7-5-8-17(21)20-15/h10-12,19H,3-9H2,1-2H3,(H,20,21). The Morgan fingerprint density at radius 2 is 2.00 bits per heavy atom. The molecule has 0 radical (unpaired) electrons. The van der Waals surface area contributed by atoms with Crippen molar-refractivity contribution in [3.8, 4) is 0 Å². The molecule has 0 fully saturated rings. The van der Waals surface area contributed by atoms with Crippen LogP contribution in [0.5, 0.6) is 0 Å². The predicted octanol–water partition coefficient (Wildman–Crippen LogP) is 3.72. The Morgan fingerprint density at radius 3 is 2.71 bits per heavy atom. The zero-order valence-electron chi connectivity index (χ0n) is 14.2. The van der Waals surface area contributed by atoms with Gasteiger partial charge in [0.1, 0.15) is 4.90 Å². The Morgan fingerprint density at radius 1 is 1.25 bits per heavy atom. The maximum atomic E-state index is 12.5. The quantitative estimate of drug-likeness (QED) is 0.716. The van der Waals surface area contributed by atoms with Gasteiger partial charge in [-0.1, -0.05) is 38.3 Å². The minimum Gasteiger partial charge on any atom is -0.326 e. The first-order valence-electron chi connectivity index (χ1n) is 8.41. The summed E-state index contributed by atoms with van der Waals surface area (Å²) >= 11 is 6.19. The number of anilines is 1. The number of carbonyl (C=O) groups is 1. The summed E-state index contributed by atoms with van der Waals surface area (Å²) in [6.07, 6.45) is 4.72. The molecule has 2 N–H and O–H groups in total. The van der Waals surface area contributed by atoms with Gasteiger partial charge in [0.25, 0.3) is 0 Å². The molecule has 0 spiro atoms. The Hall–Kier alpha value is -1.11. The van der Waals surface area contributed by atoms with Crippen LogP contribution in [0, 0.1) is 5.92 Å². The molecule has 24 heavy (non-hydrogen) atoms. The molecule has 0 atom stereocenters. The molecular weight excluding hydrogens is 348 g/mol. The van der Waals surface area contributed by atoms with Crippen molar-refractivity contribution in [1.29, 1.82) is 0 Å². The minimum absolute atomic E-state index is 0.0222. The summed E-state index contributed by atoms with van der Waals surface area (Å²) in [5, 5.41) is 2.96. The Bertz CT molecular complexity index is 702. The van der Waals surface area contributed by atoms with Gasteiger partial charge in [0.15, 0.2) is 0 Å². The lowest BCUT2D eigenvalue weighted by Gasteiger charge is -2.13. The number of amides is 1. The first-order valence-corrected chi connectivity index (χ1v) is 10.3. The highest BCUT2D eigenvalue weighted by atomic mass is 35.5. The number of sulfonamides is 1. The number of unbranched alkanes of at least 4 members (excludes halogenated alkanes) is 1. The van der Waals surface area contributed by atoms with Crippen LogP contribution < -0.4 is 10.0 Å². The predicted molar refractivity (Wildman–Crippen MR) is 96.9 cm³/mol. The number of hydrogen-bond donors (Lipinski definition) is 2. The van der Waals surface area contributed by atoms with E-state index in [2.05, 4.69) is 23.9 Å². The number of fused-ring (bicyclic) bond motifs is 1. The van der Waals surface area contributed by atoms with E-state index in [4.69, 9.17) is 11.6 Å². The largest absolute Gasteiger partial charge is 0.326 e. The molecule has 134 valence electrons. The molecule has 1 aliphatic heterocycles. The number of nitrogens with one attached hydrogen (secondary N) is 2. The molecule has 1 amide bonds. The third-order valence-corrected chi connectivity index (χ3v) is 6.00. The molecule has 0 unspecified atom stereocenters. The van der Waals surface area contributed by atoms with Crippen LogP contribution in [0.25, 0.3) is 0 Å². The maximum absolute atomic E-state index is 12.5. The van der Waals surface area contributed by atoms with E-state index >= 15 is 0 Å². The number of aryl methyl sites for hydroxylation is 1. The number of carbonyl (C=O) groups excluding carboxylic acids is 1. The fourth-order valence-corrected chi connectivity index (χ4v) is 4.39. The van der Waals surface area contributed by atoms with E-state index < -0.39 is 10.0 Å². The molecule has 1 heterocycles. The summed E-state index contributed by atoms with van der Waals surface area (Å²) in [7, 11) is -3.69. The van der Waals surface area contributed by atoms with Crippen molar-refractivity contribution < 1.29 is 13.2 Å². The van der Waals surface area contributed by atoms with Crippen LogP contribution in [-0.2, 0) is 21.2 Å². The zero-order valence-corrected chi connectivity index (χ0v) is 15.8. The van der Waals surface area contributed by atoms with Gasteiger partial charge in [0.05, 0.1) is 5.02 Å². The lowest BCUT2D eigenvalue weighted by molar-refractivity contribution is -0.116. The van der Waals surface area contributed by atoms with Crippen LogP contribution in [0.1, 0.15) is 51.5 Å². The highest BCUT2D eigenvalue weighted by molar-refractivity contribution is 7.89. The average molecular weight is 373 g/mol. The third-order valence-electron chi connectivity index (χ3n) is 4.07. The topological polar surface area (TPSA) is 75.3 Å². The summed E-state index contributed by atoms with van der Waals surface area (Å²) in [6.45, 7) is 4.68. The normalized spacial score (nSPS) is 15.1. The molecule has 0 saturated heterocycles. The Kier molecular flexibility index (Phi) is 6.66. The van der Waals surface area contributed by atoms with Gasteiger partial charge in [-0.05, 0) is 42.9 Å². The van der Waals surface area contributed by atoms with Crippen LogP contribution in [0.4, 0.5) is 5.69 Å². The van der Waals surface area contributed by atoms with Gasteiger partial charge in [0, 0.05) is 18.7 Å². The molecule has 0 bridgehead atoms. The lowest BCUT2D eigenvalue weighted by Crippen LogP contribution is -2.25. The molecule has 1 aliphatic rings. The second kappa shape index (κ2) is 8.32. The van der Waals surface area contributed by atoms with Crippen LogP contribution in [-0.4, -0.2) is 20.9 Å². The number of halogens is 1. The fourth-order valence-electron chi connectivity index (χ4n) is 2.74. The van der Waals surface area contributed by atoms with Crippen molar-refractivity contribution in [3.05, 3.63) is 22.7 Å². The minimum atomic E-state index is -3.69. The van der Waals surface area contributed by atoms with E-state index in [1.807, 2.05) is 0 Å². The molecule has 0 aliphatic carbocycles. The highest BCUT2D eigenvalue weighted by Crippen LogP contribution is 2.31. The number of hydrogen-bond acceptors (Lipinski definition) is 3. The van der Waals surface area contributed by atoms with Crippen molar-refractivity contribution >= 4 is 33.2 Å². The number of rotatable bonds is 7. The van der Waals surface area contributed by atoms with Gasteiger partial charge in [-0.15, -0.1) is 0 Å². The first kappa shape index (κ1) is 19.2. The van der Waals surface area contributed by atoms with Gasteiger partial charge in [-0.25, -0.2) is 13.1 Å². The molecule has 0 saturated carbocycles. The van der Waals surface area contributed by atoms with Crippen LogP contribution in [0.3, 0.4) is 0 Å². The van der Waals surface area contributed by atoms with Crippen molar-refractivity contribution in [1.82, 2.24) is 4.72 Å². The van der Waals surface area contributed by atoms with Crippen molar-refractivity contribution in [3.63, 3.8) is 0 Å². The average Bonchev–Trinajstić information content (AvgIpc) is 2.66. The van der Waals surface area contributed by atoms with Crippen molar-refractivity contribution in [2.45, 2.75) is 57.3 Å². The van der Waals surface area contributed by atoms with E-state index in [1.54, 1.807) is 6.07 Å². The SMILES string of the molecule is CC(C)CCCCNS(=O)(=O)c1cc2c(cc1Cl)CCCC(=O)N2. The van der Waals surface area contributed by atoms with Gasteiger partial charge in [0.2, 0.25) is 15.9 Å². The molecule has 0 aromatic heterocycles. The first-order chi connectivity index (χ1) is 11.3. The van der Waals surface area contributed by atoms with Crippen LogP contribution >= 0.6 is 11.6 Å². The summed E-state index contributed by atoms with van der Waals surface area (Å²) in [4.78, 5) is 11.7. The van der Waals surface area contributed by atoms with Gasteiger partial charge >= 0.3 is 0 Å². The van der Waals surface area contributed by atoms with Gasteiger partial charge < -0.3 is 5.32 Å². The second-order valence-corrected chi connectivity index (χ2v) is 8.77. The van der Waals surface area contributed by atoms with E-state index in [0.29, 0.717) is 31.0 Å². The zero-order chi connectivity index (χ0) is 17.7. The molecule has 1 aromatic carbocycles. The summed E-state index contributed by atoms with van der Waals surface area (Å²) in [6, 6.07) is 3.12. The van der Waals surface area contributed by atoms with Crippen LogP contribution in [0.2, 0.25) is 5.02 Å². The van der Waals surface area contributed by atoms with E-state index in [1.165, 1.54) is 6.07 Å². The van der Waals surface area contributed by atoms with Gasteiger partial charge in [-0.3, -0.25) is 4.79 Å². The Labute approximate surface area is 149 Å². The highest BCUT2D eigenvalue weighted by Gasteiger charge is 2.22. The smallest absolute Gasteiger partial charge is 0.242 e. The van der Waals surface area contributed by atoms with Gasteiger partial charge in [-0.2, -0.15) is 0 Å². The molecule has 7 heteroatoms. The fraction of sp³-hybridized carbons (Fsp3) is 0.588. The van der Waals surface area contributed by atoms with E-state index in [0.717, 1.165) is 31.2 Å². The molecular formula is C17H25ClN2O3S. The summed E-state index contributed by atoms with van der Waals surface area (Å²) in [5.74, 6) is 0.519. The second-order valence-electron chi connectivity index (χ2n) is 6.63. The van der Waals surface area contributed by atoms with Crippen molar-refractivity contribution in [2.75, 3.05) is 11.9 Å². The van der Waals surface area contributed by atoms with E-state index in [9.17, 15) is 13.2 Å². The van der Waals surface area contributed by atoms with Crippen LogP contribution in [0.15, 0.2) is 17.0 Å². The monoisotopic (exact) mass is 372 g/mol. The van der Waals surface area contributed by atoms with Crippen molar-refractivity contribution in [2.24, 2.45) is 5.92 Å². The molecule has 5 nitrogen and oxygen atoms in total. The third kappa shape index (κ3) is 5.19. The number of benzene rings is 1. The molecule has 2 rings (SSSR count). The summed E-state index contributed by atoms with van der Waals surface area (Å²) < 4.78 is 27.6. The molecule has 1 aromatic rings. The Balaban J connectivity index is 2.11.